The predicted octanol–water partition coefficient (Wildman–Crippen LogP) is 2.56. The number of hydrogen-bond donors (Lipinski definition) is 1. The molecule has 0 saturated carbocycles. The molecule has 1 aromatic carbocycles. The lowest BCUT2D eigenvalue weighted by Gasteiger charge is -2.43. The standard InChI is InChI=1S/C15H21ClN2O2/c1-10-8-17-15(2,3)9-18(10)14(19)12-7-11(16)5-6-13(12)20-4/h5-7,10,17H,8-9H2,1-4H3. The summed E-state index contributed by atoms with van der Waals surface area (Å²) in [7, 11) is 1.56. The minimum atomic E-state index is -0.0893. The summed E-state index contributed by atoms with van der Waals surface area (Å²) >= 11 is 6.01. The van der Waals surface area contributed by atoms with Gasteiger partial charge in [0.1, 0.15) is 5.75 Å². The van der Waals surface area contributed by atoms with Crippen molar-refractivity contribution < 1.29 is 9.53 Å². The predicted molar refractivity (Wildman–Crippen MR) is 80.6 cm³/mol. The van der Waals surface area contributed by atoms with Gasteiger partial charge in [-0.2, -0.15) is 0 Å². The number of halogens is 1. The fourth-order valence-corrected chi connectivity index (χ4v) is 2.62. The molecular weight excluding hydrogens is 276 g/mol. The van der Waals surface area contributed by atoms with Crippen LogP contribution in [0.2, 0.25) is 5.02 Å². The summed E-state index contributed by atoms with van der Waals surface area (Å²) in [6.45, 7) is 7.66. The molecule has 20 heavy (non-hydrogen) atoms. The third kappa shape index (κ3) is 3.07. The second kappa shape index (κ2) is 5.62. The van der Waals surface area contributed by atoms with Gasteiger partial charge in [-0.1, -0.05) is 11.6 Å². The van der Waals surface area contributed by atoms with Crippen molar-refractivity contribution in [3.8, 4) is 5.75 Å². The van der Waals surface area contributed by atoms with Crippen LogP contribution in [0, 0.1) is 0 Å². The monoisotopic (exact) mass is 296 g/mol. The summed E-state index contributed by atoms with van der Waals surface area (Å²) in [5.41, 5.74) is 0.429. The van der Waals surface area contributed by atoms with Crippen LogP contribution in [0.15, 0.2) is 18.2 Å². The number of carbonyl (C=O) groups is 1. The quantitative estimate of drug-likeness (QED) is 0.912. The smallest absolute Gasteiger partial charge is 0.258 e. The van der Waals surface area contributed by atoms with Crippen molar-refractivity contribution in [2.45, 2.75) is 32.4 Å². The van der Waals surface area contributed by atoms with Gasteiger partial charge in [-0.15, -0.1) is 0 Å². The number of benzene rings is 1. The van der Waals surface area contributed by atoms with Crippen molar-refractivity contribution in [1.29, 1.82) is 0 Å². The molecular formula is C15H21ClN2O2. The molecule has 1 aromatic rings. The van der Waals surface area contributed by atoms with Gasteiger partial charge in [0.15, 0.2) is 0 Å². The Bertz CT molecular complexity index is 517. The lowest BCUT2D eigenvalue weighted by atomic mass is 9.98. The van der Waals surface area contributed by atoms with E-state index in [-0.39, 0.29) is 17.5 Å². The van der Waals surface area contributed by atoms with Gasteiger partial charge in [0.2, 0.25) is 0 Å². The highest BCUT2D eigenvalue weighted by Gasteiger charge is 2.34. The lowest BCUT2D eigenvalue weighted by molar-refractivity contribution is 0.0530. The molecule has 110 valence electrons. The van der Waals surface area contributed by atoms with E-state index in [1.165, 1.54) is 0 Å². The zero-order chi connectivity index (χ0) is 14.9. The molecule has 1 aliphatic rings. The first-order chi connectivity index (χ1) is 9.34. The van der Waals surface area contributed by atoms with Crippen molar-refractivity contribution in [3.05, 3.63) is 28.8 Å². The summed E-state index contributed by atoms with van der Waals surface area (Å²) in [5, 5.41) is 3.97. The number of rotatable bonds is 2. The van der Waals surface area contributed by atoms with E-state index in [0.717, 1.165) is 6.54 Å². The minimum Gasteiger partial charge on any atom is -0.496 e. The number of piperazine rings is 1. The number of methoxy groups -OCH3 is 1. The second-order valence-electron chi connectivity index (χ2n) is 5.89. The van der Waals surface area contributed by atoms with E-state index in [4.69, 9.17) is 16.3 Å². The van der Waals surface area contributed by atoms with Gasteiger partial charge in [0.25, 0.3) is 5.91 Å². The van der Waals surface area contributed by atoms with Gasteiger partial charge in [-0.3, -0.25) is 4.79 Å². The van der Waals surface area contributed by atoms with Gasteiger partial charge in [-0.05, 0) is 39.0 Å². The molecule has 1 fully saturated rings. The average Bonchev–Trinajstić information content (AvgIpc) is 2.40. The second-order valence-corrected chi connectivity index (χ2v) is 6.33. The number of nitrogens with zero attached hydrogens (tertiary/aromatic N) is 1. The zero-order valence-electron chi connectivity index (χ0n) is 12.4. The van der Waals surface area contributed by atoms with E-state index in [1.807, 2.05) is 11.8 Å². The van der Waals surface area contributed by atoms with E-state index in [0.29, 0.717) is 22.9 Å². The molecule has 1 aliphatic heterocycles. The minimum absolute atomic E-state index is 0.0357. The van der Waals surface area contributed by atoms with Crippen molar-refractivity contribution >= 4 is 17.5 Å². The SMILES string of the molecule is COc1ccc(Cl)cc1C(=O)N1CC(C)(C)NCC1C. The van der Waals surface area contributed by atoms with Crippen molar-refractivity contribution in [3.63, 3.8) is 0 Å². The van der Waals surface area contributed by atoms with Crippen LogP contribution in [0.4, 0.5) is 0 Å². The average molecular weight is 297 g/mol. The number of ether oxygens (including phenoxy) is 1. The van der Waals surface area contributed by atoms with E-state index in [9.17, 15) is 4.79 Å². The first-order valence-electron chi connectivity index (χ1n) is 6.73. The van der Waals surface area contributed by atoms with Crippen LogP contribution in [0.25, 0.3) is 0 Å². The molecule has 0 aliphatic carbocycles. The van der Waals surface area contributed by atoms with Crippen molar-refractivity contribution in [2.75, 3.05) is 20.2 Å². The van der Waals surface area contributed by atoms with Gasteiger partial charge >= 0.3 is 0 Å². The lowest BCUT2D eigenvalue weighted by Crippen LogP contribution is -2.62. The Morgan fingerprint density at radius 3 is 2.85 bits per heavy atom. The first kappa shape index (κ1) is 15.1. The third-order valence-electron chi connectivity index (χ3n) is 3.63. The molecule has 2 rings (SSSR count). The maximum atomic E-state index is 12.8. The Kier molecular flexibility index (Phi) is 4.25. The molecule has 0 radical (unpaired) electrons. The summed E-state index contributed by atoms with van der Waals surface area (Å²) in [4.78, 5) is 14.7. The van der Waals surface area contributed by atoms with E-state index < -0.39 is 0 Å². The maximum Gasteiger partial charge on any atom is 0.258 e. The highest BCUT2D eigenvalue weighted by molar-refractivity contribution is 6.31. The molecule has 1 amide bonds. The van der Waals surface area contributed by atoms with Crippen molar-refractivity contribution in [1.82, 2.24) is 10.2 Å². The van der Waals surface area contributed by atoms with E-state index in [1.54, 1.807) is 25.3 Å². The summed E-state index contributed by atoms with van der Waals surface area (Å²) < 4.78 is 5.28. The Morgan fingerprint density at radius 2 is 2.20 bits per heavy atom. The molecule has 0 spiro atoms. The number of hydrogen-bond acceptors (Lipinski definition) is 3. The molecule has 1 heterocycles. The van der Waals surface area contributed by atoms with E-state index in [2.05, 4.69) is 19.2 Å². The molecule has 1 N–H and O–H groups in total. The molecule has 1 unspecified atom stereocenters. The summed E-state index contributed by atoms with van der Waals surface area (Å²) in [5.74, 6) is 0.523. The first-order valence-corrected chi connectivity index (χ1v) is 7.11. The molecule has 1 atom stereocenters. The topological polar surface area (TPSA) is 41.6 Å². The number of nitrogens with one attached hydrogen (secondary N) is 1. The van der Waals surface area contributed by atoms with E-state index >= 15 is 0 Å². The summed E-state index contributed by atoms with van der Waals surface area (Å²) in [6.07, 6.45) is 0. The Labute approximate surface area is 125 Å². The van der Waals surface area contributed by atoms with Crippen molar-refractivity contribution in [2.24, 2.45) is 0 Å². The van der Waals surface area contributed by atoms with Crippen LogP contribution in [-0.2, 0) is 0 Å². The van der Waals surface area contributed by atoms with Crippen LogP contribution in [-0.4, -0.2) is 42.6 Å². The van der Waals surface area contributed by atoms with Crippen LogP contribution in [0.5, 0.6) is 5.75 Å². The Hall–Kier alpha value is -1.26. The van der Waals surface area contributed by atoms with Gasteiger partial charge in [-0.25, -0.2) is 0 Å². The van der Waals surface area contributed by atoms with Crippen LogP contribution >= 0.6 is 11.6 Å². The number of carbonyl (C=O) groups excluding carboxylic acids is 1. The zero-order valence-corrected chi connectivity index (χ0v) is 13.1. The van der Waals surface area contributed by atoms with Crippen LogP contribution in [0.3, 0.4) is 0 Å². The fourth-order valence-electron chi connectivity index (χ4n) is 2.45. The fraction of sp³-hybridized carbons (Fsp3) is 0.533. The summed E-state index contributed by atoms with van der Waals surface area (Å²) in [6, 6.07) is 5.26. The largest absolute Gasteiger partial charge is 0.496 e. The molecule has 1 saturated heterocycles. The van der Waals surface area contributed by atoms with Gasteiger partial charge < -0.3 is 15.0 Å². The normalized spacial score (nSPS) is 21.6. The highest BCUT2D eigenvalue weighted by atomic mass is 35.5. The molecule has 4 nitrogen and oxygen atoms in total. The van der Waals surface area contributed by atoms with Gasteiger partial charge in [0.05, 0.1) is 12.7 Å². The molecule has 0 aromatic heterocycles. The molecule has 5 heteroatoms. The highest BCUT2D eigenvalue weighted by Crippen LogP contribution is 2.26. The molecule has 0 bridgehead atoms. The van der Waals surface area contributed by atoms with Gasteiger partial charge in [0, 0.05) is 29.7 Å². The van der Waals surface area contributed by atoms with Crippen LogP contribution < -0.4 is 10.1 Å². The Balaban J connectivity index is 2.32. The van der Waals surface area contributed by atoms with Crippen LogP contribution in [0.1, 0.15) is 31.1 Å². The number of amides is 1. The Morgan fingerprint density at radius 1 is 1.50 bits per heavy atom. The third-order valence-corrected chi connectivity index (χ3v) is 3.86. The maximum absolute atomic E-state index is 12.8.